The van der Waals surface area contributed by atoms with E-state index < -0.39 is 0 Å². The maximum Gasteiger partial charge on any atom is 0.275 e. The number of aromatic nitrogens is 2. The monoisotopic (exact) mass is 338 g/mol. The third-order valence-corrected chi connectivity index (χ3v) is 6.08. The van der Waals surface area contributed by atoms with E-state index in [-0.39, 0.29) is 5.91 Å². The molecular weight excluding hydrogens is 320 g/mol. The molecule has 2 atom stereocenters. The molecule has 0 aliphatic carbocycles. The number of carbonyl (C=O) groups is 1. The fraction of sp³-hybridized carbons (Fsp3) is 0.333. The van der Waals surface area contributed by atoms with Crippen LogP contribution in [-0.2, 0) is 0 Å². The summed E-state index contributed by atoms with van der Waals surface area (Å²) in [5.74, 6) is 0.0596. The maximum absolute atomic E-state index is 13.0. The third kappa shape index (κ3) is 2.03. The molecule has 5 rings (SSSR count). The van der Waals surface area contributed by atoms with Crippen molar-refractivity contribution in [3.8, 4) is 11.1 Å². The third-order valence-electron chi connectivity index (χ3n) is 5.40. The summed E-state index contributed by atoms with van der Waals surface area (Å²) in [7, 11) is 2.14. The van der Waals surface area contributed by atoms with Gasteiger partial charge >= 0.3 is 0 Å². The Morgan fingerprint density at radius 1 is 1.25 bits per heavy atom. The van der Waals surface area contributed by atoms with Crippen LogP contribution in [0.1, 0.15) is 16.9 Å². The Kier molecular flexibility index (Phi) is 3.05. The minimum absolute atomic E-state index is 0.0596. The summed E-state index contributed by atoms with van der Waals surface area (Å²) in [4.78, 5) is 17.4. The lowest BCUT2D eigenvalue weighted by atomic mass is 10.1. The van der Waals surface area contributed by atoms with Crippen molar-refractivity contribution in [1.29, 1.82) is 0 Å². The summed E-state index contributed by atoms with van der Waals surface area (Å²) in [6, 6.07) is 9.10. The molecule has 0 saturated carbocycles. The lowest BCUT2D eigenvalue weighted by Crippen LogP contribution is -2.47. The van der Waals surface area contributed by atoms with Gasteiger partial charge in [0.05, 0.1) is 5.52 Å². The molecule has 122 valence electrons. The van der Waals surface area contributed by atoms with Gasteiger partial charge in [0.15, 0.2) is 5.69 Å². The molecule has 0 radical (unpaired) electrons. The van der Waals surface area contributed by atoms with Gasteiger partial charge in [0.2, 0.25) is 0 Å². The molecule has 0 spiro atoms. The zero-order valence-electron chi connectivity index (χ0n) is 13.4. The number of carbonyl (C=O) groups excluding carboxylic acids is 1. The lowest BCUT2D eigenvalue weighted by molar-refractivity contribution is 0.0646. The van der Waals surface area contributed by atoms with E-state index in [1.54, 1.807) is 11.3 Å². The van der Waals surface area contributed by atoms with Gasteiger partial charge in [0.25, 0.3) is 5.91 Å². The van der Waals surface area contributed by atoms with Crippen LogP contribution in [0.5, 0.6) is 0 Å². The number of H-pyrrole nitrogens is 1. The molecule has 4 heterocycles. The van der Waals surface area contributed by atoms with Crippen LogP contribution in [0.2, 0.25) is 0 Å². The second-order valence-corrected chi connectivity index (χ2v) is 7.57. The van der Waals surface area contributed by atoms with Gasteiger partial charge in [-0.1, -0.05) is 6.07 Å². The van der Waals surface area contributed by atoms with Gasteiger partial charge in [0, 0.05) is 30.6 Å². The number of benzene rings is 1. The Balaban J connectivity index is 1.53. The molecule has 1 amide bonds. The molecule has 1 N–H and O–H groups in total. The van der Waals surface area contributed by atoms with E-state index in [0.717, 1.165) is 36.0 Å². The highest BCUT2D eigenvalue weighted by Crippen LogP contribution is 2.32. The number of rotatable bonds is 2. The highest BCUT2D eigenvalue weighted by atomic mass is 32.1. The summed E-state index contributed by atoms with van der Waals surface area (Å²) in [5.41, 5.74) is 3.78. The fourth-order valence-corrected chi connectivity index (χ4v) is 4.70. The zero-order chi connectivity index (χ0) is 16.3. The van der Waals surface area contributed by atoms with Crippen LogP contribution >= 0.6 is 11.3 Å². The minimum atomic E-state index is 0.0596. The minimum Gasteiger partial charge on any atom is -0.331 e. The Morgan fingerprint density at radius 2 is 2.17 bits per heavy atom. The first-order valence-electron chi connectivity index (χ1n) is 8.22. The molecule has 1 aromatic carbocycles. The lowest BCUT2D eigenvalue weighted by Gasteiger charge is -2.31. The first kappa shape index (κ1) is 14.2. The van der Waals surface area contributed by atoms with Crippen LogP contribution in [0.4, 0.5) is 0 Å². The SMILES string of the molecule is CN1CC2C[C@H]1CN2C(=O)c1n[nH]c2ccc(-c3ccsc3)cc12. The second-order valence-electron chi connectivity index (χ2n) is 6.79. The van der Waals surface area contributed by atoms with Crippen LogP contribution in [0, 0.1) is 0 Å². The van der Waals surface area contributed by atoms with Gasteiger partial charge in [-0.15, -0.1) is 0 Å². The fourth-order valence-electron chi connectivity index (χ4n) is 4.04. The van der Waals surface area contributed by atoms with Gasteiger partial charge in [0.1, 0.15) is 0 Å². The summed E-state index contributed by atoms with van der Waals surface area (Å²) in [6.45, 7) is 1.79. The van der Waals surface area contributed by atoms with Crippen molar-refractivity contribution in [2.45, 2.75) is 18.5 Å². The van der Waals surface area contributed by atoms with E-state index in [0.29, 0.717) is 17.8 Å². The smallest absolute Gasteiger partial charge is 0.275 e. The molecule has 2 aliphatic rings. The number of piperazine rings is 1. The predicted octanol–water partition coefficient (Wildman–Crippen LogP) is 2.82. The summed E-state index contributed by atoms with van der Waals surface area (Å²) in [6.07, 6.45) is 1.09. The Morgan fingerprint density at radius 3 is 2.88 bits per heavy atom. The average molecular weight is 338 g/mol. The summed E-state index contributed by atoms with van der Waals surface area (Å²) in [5, 5.41) is 12.5. The normalized spacial score (nSPS) is 23.5. The van der Waals surface area contributed by atoms with Crippen molar-refractivity contribution < 1.29 is 4.79 Å². The number of hydrogen-bond donors (Lipinski definition) is 1. The first-order chi connectivity index (χ1) is 11.7. The van der Waals surface area contributed by atoms with E-state index in [1.807, 2.05) is 11.0 Å². The molecule has 3 aromatic rings. The van der Waals surface area contributed by atoms with E-state index in [9.17, 15) is 4.79 Å². The van der Waals surface area contributed by atoms with Crippen LogP contribution in [0.15, 0.2) is 35.0 Å². The first-order valence-corrected chi connectivity index (χ1v) is 9.17. The number of nitrogens with one attached hydrogen (secondary N) is 1. The van der Waals surface area contributed by atoms with Gasteiger partial charge in [-0.3, -0.25) is 14.8 Å². The highest BCUT2D eigenvalue weighted by molar-refractivity contribution is 7.08. The van der Waals surface area contributed by atoms with Gasteiger partial charge in [-0.25, -0.2) is 0 Å². The number of aromatic amines is 1. The van der Waals surface area contributed by atoms with Crippen molar-refractivity contribution in [2.75, 3.05) is 20.1 Å². The number of nitrogens with zero attached hydrogens (tertiary/aromatic N) is 3. The molecule has 2 bridgehead atoms. The molecule has 2 aliphatic heterocycles. The maximum atomic E-state index is 13.0. The number of likely N-dealkylation sites (N-methyl/N-ethyl adjacent to an activating group) is 1. The van der Waals surface area contributed by atoms with Crippen LogP contribution in [0.3, 0.4) is 0 Å². The van der Waals surface area contributed by atoms with Crippen molar-refractivity contribution in [1.82, 2.24) is 20.0 Å². The molecular formula is C18H18N4OS. The van der Waals surface area contributed by atoms with Crippen molar-refractivity contribution >= 4 is 28.1 Å². The quantitative estimate of drug-likeness (QED) is 0.782. The van der Waals surface area contributed by atoms with Crippen LogP contribution in [0.25, 0.3) is 22.0 Å². The molecule has 2 saturated heterocycles. The molecule has 2 fully saturated rings. The summed E-state index contributed by atoms with van der Waals surface area (Å²) < 4.78 is 0. The number of thiophene rings is 1. The van der Waals surface area contributed by atoms with Gasteiger partial charge in [-0.05, 0) is 53.6 Å². The molecule has 2 aromatic heterocycles. The van der Waals surface area contributed by atoms with Crippen LogP contribution < -0.4 is 0 Å². The Bertz CT molecular complexity index is 914. The van der Waals surface area contributed by atoms with Crippen molar-refractivity contribution in [3.63, 3.8) is 0 Å². The highest BCUT2D eigenvalue weighted by Gasteiger charge is 2.44. The van der Waals surface area contributed by atoms with Crippen molar-refractivity contribution in [2.24, 2.45) is 0 Å². The topological polar surface area (TPSA) is 52.2 Å². The van der Waals surface area contributed by atoms with Gasteiger partial charge < -0.3 is 4.90 Å². The van der Waals surface area contributed by atoms with E-state index >= 15 is 0 Å². The zero-order valence-corrected chi connectivity index (χ0v) is 14.2. The van der Waals surface area contributed by atoms with Gasteiger partial charge in [-0.2, -0.15) is 16.4 Å². The van der Waals surface area contributed by atoms with Crippen LogP contribution in [-0.4, -0.2) is 58.1 Å². The molecule has 6 heteroatoms. The standard InChI is InChI=1S/C18H18N4OS/c1-21-8-14-7-13(21)9-22(14)18(23)17-15-6-11(12-4-5-24-10-12)2-3-16(15)19-20-17/h2-6,10,13-14H,7-9H2,1H3,(H,19,20)/t13-,14?/m0/s1. The number of amides is 1. The van der Waals surface area contributed by atoms with E-state index in [1.165, 1.54) is 5.56 Å². The largest absolute Gasteiger partial charge is 0.331 e. The number of fused-ring (bicyclic) bond motifs is 3. The predicted molar refractivity (Wildman–Crippen MR) is 95.3 cm³/mol. The Hall–Kier alpha value is -2.18. The molecule has 5 nitrogen and oxygen atoms in total. The molecule has 24 heavy (non-hydrogen) atoms. The van der Waals surface area contributed by atoms with E-state index in [4.69, 9.17) is 0 Å². The van der Waals surface area contributed by atoms with Crippen molar-refractivity contribution in [3.05, 3.63) is 40.7 Å². The average Bonchev–Trinajstić information content (AvgIpc) is 3.35. The summed E-state index contributed by atoms with van der Waals surface area (Å²) >= 11 is 1.68. The Labute approximate surface area is 143 Å². The van der Waals surface area contributed by atoms with E-state index in [2.05, 4.69) is 51.1 Å². The number of likely N-dealkylation sites (tertiary alicyclic amines) is 2. The molecule has 1 unspecified atom stereocenters. The second kappa shape index (κ2) is 5.16. The number of hydrogen-bond acceptors (Lipinski definition) is 4.